The van der Waals surface area contributed by atoms with Crippen LogP contribution in [-0.2, 0) is 4.79 Å². The lowest BCUT2D eigenvalue weighted by atomic mass is 10.2. The minimum absolute atomic E-state index is 0.239. The lowest BCUT2D eigenvalue weighted by Gasteiger charge is -2.19. The van der Waals surface area contributed by atoms with E-state index in [-0.39, 0.29) is 5.91 Å². The second-order valence-electron chi connectivity index (χ2n) is 5.02. The zero-order chi connectivity index (χ0) is 17.7. The van der Waals surface area contributed by atoms with Crippen LogP contribution >= 0.6 is 23.2 Å². The lowest BCUT2D eigenvalue weighted by molar-refractivity contribution is -0.116. The van der Waals surface area contributed by atoms with Crippen molar-refractivity contribution in [2.75, 3.05) is 24.9 Å². The van der Waals surface area contributed by atoms with Crippen LogP contribution in [0, 0.1) is 0 Å². The molecular formula is C17H18Cl2N2O3. The van der Waals surface area contributed by atoms with Crippen molar-refractivity contribution in [2.45, 2.75) is 13.0 Å². The molecule has 2 rings (SSSR count). The lowest BCUT2D eigenvalue weighted by Crippen LogP contribution is -2.32. The molecule has 2 aromatic rings. The average Bonchev–Trinajstić information content (AvgIpc) is 2.57. The largest absolute Gasteiger partial charge is 0.495 e. The van der Waals surface area contributed by atoms with Gasteiger partial charge >= 0.3 is 0 Å². The molecule has 0 bridgehead atoms. The van der Waals surface area contributed by atoms with E-state index in [2.05, 4.69) is 10.6 Å². The molecule has 1 amide bonds. The first-order valence-electron chi connectivity index (χ1n) is 7.19. The standard InChI is InChI=1S/C17H18Cl2N2O3/c1-10(17(22)21-13-7-5-4-6-11(13)18)20-14-8-12(19)15(23-2)9-16(14)24-3/h4-10,20H,1-3H3,(H,21,22). The fourth-order valence-electron chi connectivity index (χ4n) is 2.08. The van der Waals surface area contributed by atoms with Crippen molar-refractivity contribution >= 4 is 40.5 Å². The van der Waals surface area contributed by atoms with Gasteiger partial charge in [-0.3, -0.25) is 4.79 Å². The van der Waals surface area contributed by atoms with E-state index < -0.39 is 6.04 Å². The van der Waals surface area contributed by atoms with E-state index in [1.807, 2.05) is 0 Å². The van der Waals surface area contributed by atoms with Crippen molar-refractivity contribution in [3.8, 4) is 11.5 Å². The maximum atomic E-state index is 12.3. The van der Waals surface area contributed by atoms with E-state index in [0.29, 0.717) is 32.9 Å². The molecule has 0 heterocycles. The second kappa shape index (κ2) is 8.13. The van der Waals surface area contributed by atoms with Gasteiger partial charge in [-0.2, -0.15) is 0 Å². The molecule has 0 aromatic heterocycles. The Balaban J connectivity index is 2.14. The van der Waals surface area contributed by atoms with Gasteiger partial charge in [-0.15, -0.1) is 0 Å². The summed E-state index contributed by atoms with van der Waals surface area (Å²) in [6, 6.07) is 9.80. The number of halogens is 2. The number of nitrogens with one attached hydrogen (secondary N) is 2. The average molecular weight is 369 g/mol. The number of hydrogen-bond donors (Lipinski definition) is 2. The summed E-state index contributed by atoms with van der Waals surface area (Å²) in [5, 5.41) is 6.74. The summed E-state index contributed by atoms with van der Waals surface area (Å²) < 4.78 is 10.5. The smallest absolute Gasteiger partial charge is 0.246 e. The Morgan fingerprint density at radius 3 is 2.29 bits per heavy atom. The molecule has 0 saturated carbocycles. The first-order valence-corrected chi connectivity index (χ1v) is 7.95. The Bertz CT molecular complexity index is 738. The normalized spacial score (nSPS) is 11.5. The molecule has 2 aromatic carbocycles. The van der Waals surface area contributed by atoms with Crippen LogP contribution in [0.3, 0.4) is 0 Å². The molecule has 0 spiro atoms. The minimum Gasteiger partial charge on any atom is -0.495 e. The summed E-state index contributed by atoms with van der Waals surface area (Å²) in [5.41, 5.74) is 1.14. The second-order valence-corrected chi connectivity index (χ2v) is 5.84. The fourth-order valence-corrected chi connectivity index (χ4v) is 2.50. The van der Waals surface area contributed by atoms with Crippen LogP contribution in [0.1, 0.15) is 6.92 Å². The third kappa shape index (κ3) is 4.24. The molecule has 0 aliphatic carbocycles. The number of benzene rings is 2. The highest BCUT2D eigenvalue weighted by Crippen LogP contribution is 2.36. The van der Waals surface area contributed by atoms with Crippen molar-refractivity contribution in [3.63, 3.8) is 0 Å². The van der Waals surface area contributed by atoms with Crippen LogP contribution in [0.25, 0.3) is 0 Å². The summed E-state index contributed by atoms with van der Waals surface area (Å²) in [6.45, 7) is 1.73. The predicted octanol–water partition coefficient (Wildman–Crippen LogP) is 4.45. The summed E-state index contributed by atoms with van der Waals surface area (Å²) in [6.07, 6.45) is 0. The van der Waals surface area contributed by atoms with E-state index in [1.54, 1.807) is 43.3 Å². The van der Waals surface area contributed by atoms with Gasteiger partial charge in [0.2, 0.25) is 5.91 Å². The summed E-state index contributed by atoms with van der Waals surface area (Å²) in [4.78, 5) is 12.3. The van der Waals surface area contributed by atoms with Gasteiger partial charge < -0.3 is 20.1 Å². The highest BCUT2D eigenvalue weighted by Gasteiger charge is 2.17. The number of amides is 1. The number of anilines is 2. The van der Waals surface area contributed by atoms with Gasteiger partial charge in [0.1, 0.15) is 17.5 Å². The molecule has 0 fully saturated rings. The Labute approximate surface area is 150 Å². The van der Waals surface area contributed by atoms with Crippen LogP contribution in [0.15, 0.2) is 36.4 Å². The summed E-state index contributed by atoms with van der Waals surface area (Å²) in [7, 11) is 3.05. The van der Waals surface area contributed by atoms with Crippen LogP contribution in [0.4, 0.5) is 11.4 Å². The van der Waals surface area contributed by atoms with Crippen LogP contribution < -0.4 is 20.1 Å². The number of carbonyl (C=O) groups is 1. The third-order valence-corrected chi connectivity index (χ3v) is 4.00. The van der Waals surface area contributed by atoms with Gasteiger partial charge in [0.05, 0.1) is 35.6 Å². The Morgan fingerprint density at radius 1 is 1.00 bits per heavy atom. The highest BCUT2D eigenvalue weighted by atomic mass is 35.5. The van der Waals surface area contributed by atoms with E-state index in [0.717, 1.165) is 0 Å². The highest BCUT2D eigenvalue weighted by molar-refractivity contribution is 6.33. The van der Waals surface area contributed by atoms with Crippen LogP contribution in [0.2, 0.25) is 10.0 Å². The Hall–Kier alpha value is -2.11. The number of rotatable bonds is 6. The molecule has 128 valence electrons. The van der Waals surface area contributed by atoms with E-state index in [1.165, 1.54) is 14.2 Å². The van der Waals surface area contributed by atoms with Gasteiger partial charge in [0.25, 0.3) is 0 Å². The minimum atomic E-state index is -0.542. The number of carbonyl (C=O) groups excluding carboxylic acids is 1. The number of ether oxygens (including phenoxy) is 2. The van der Waals surface area contributed by atoms with Crippen molar-refractivity contribution < 1.29 is 14.3 Å². The van der Waals surface area contributed by atoms with Gasteiger partial charge in [-0.1, -0.05) is 35.3 Å². The first kappa shape index (κ1) is 18.2. The van der Waals surface area contributed by atoms with Gasteiger partial charge in [0, 0.05) is 6.07 Å². The molecule has 24 heavy (non-hydrogen) atoms. The van der Waals surface area contributed by atoms with Gasteiger partial charge in [0.15, 0.2) is 0 Å². The van der Waals surface area contributed by atoms with Gasteiger partial charge in [-0.05, 0) is 25.1 Å². The fraction of sp³-hybridized carbons (Fsp3) is 0.235. The Morgan fingerprint density at radius 2 is 1.67 bits per heavy atom. The Kier molecular flexibility index (Phi) is 6.17. The molecule has 2 N–H and O–H groups in total. The van der Waals surface area contributed by atoms with E-state index >= 15 is 0 Å². The number of methoxy groups -OCH3 is 2. The van der Waals surface area contributed by atoms with E-state index in [9.17, 15) is 4.79 Å². The van der Waals surface area contributed by atoms with Crippen molar-refractivity contribution in [3.05, 3.63) is 46.4 Å². The summed E-state index contributed by atoms with van der Waals surface area (Å²) >= 11 is 12.2. The number of hydrogen-bond acceptors (Lipinski definition) is 4. The molecule has 5 nitrogen and oxygen atoms in total. The zero-order valence-electron chi connectivity index (χ0n) is 13.5. The van der Waals surface area contributed by atoms with Crippen molar-refractivity contribution in [2.24, 2.45) is 0 Å². The molecular weight excluding hydrogens is 351 g/mol. The monoisotopic (exact) mass is 368 g/mol. The molecule has 0 saturated heterocycles. The summed E-state index contributed by atoms with van der Waals surface area (Å²) in [5.74, 6) is 0.776. The molecule has 0 radical (unpaired) electrons. The topological polar surface area (TPSA) is 59.6 Å². The molecule has 0 aliphatic rings. The molecule has 0 aliphatic heterocycles. The zero-order valence-corrected chi connectivity index (χ0v) is 15.0. The first-order chi connectivity index (χ1) is 11.5. The van der Waals surface area contributed by atoms with Crippen LogP contribution in [0.5, 0.6) is 11.5 Å². The maximum absolute atomic E-state index is 12.3. The maximum Gasteiger partial charge on any atom is 0.246 e. The number of para-hydroxylation sites is 1. The molecule has 7 heteroatoms. The van der Waals surface area contributed by atoms with Crippen molar-refractivity contribution in [1.29, 1.82) is 0 Å². The SMILES string of the molecule is COc1cc(OC)c(NC(C)C(=O)Nc2ccccc2Cl)cc1Cl. The molecule has 1 unspecified atom stereocenters. The van der Waals surface area contributed by atoms with Gasteiger partial charge in [-0.25, -0.2) is 0 Å². The molecule has 1 atom stereocenters. The third-order valence-electron chi connectivity index (χ3n) is 3.37. The van der Waals surface area contributed by atoms with Crippen molar-refractivity contribution in [1.82, 2.24) is 0 Å². The predicted molar refractivity (Wildman–Crippen MR) is 97.7 cm³/mol. The van der Waals surface area contributed by atoms with Crippen LogP contribution in [-0.4, -0.2) is 26.2 Å². The quantitative estimate of drug-likeness (QED) is 0.790. The van der Waals surface area contributed by atoms with E-state index in [4.69, 9.17) is 32.7 Å².